The Hall–Kier alpha value is -0.510. The van der Waals surface area contributed by atoms with Gasteiger partial charge in [0, 0.05) is 5.92 Å². The Morgan fingerprint density at radius 1 is 0.722 bits per heavy atom. The van der Waals surface area contributed by atoms with Gasteiger partial charge in [-0.05, 0) is 25.2 Å². The zero-order valence-corrected chi connectivity index (χ0v) is 12.9. The van der Waals surface area contributed by atoms with Crippen molar-refractivity contribution >= 4 is 0 Å². The summed E-state index contributed by atoms with van der Waals surface area (Å²) < 4.78 is 0. The van der Waals surface area contributed by atoms with Crippen LogP contribution < -0.4 is 0 Å². The second kappa shape index (κ2) is 12.9. The second-order valence-electron chi connectivity index (χ2n) is 5.63. The van der Waals surface area contributed by atoms with Crippen molar-refractivity contribution in [3.63, 3.8) is 0 Å². The fourth-order valence-electron chi connectivity index (χ4n) is 2.77. The molecule has 0 aromatic carbocycles. The molecular weight excluding hydrogens is 218 g/mol. The van der Waals surface area contributed by atoms with Gasteiger partial charge in [-0.3, -0.25) is 0 Å². The molecule has 0 fully saturated rings. The van der Waals surface area contributed by atoms with Gasteiger partial charge in [0.2, 0.25) is 0 Å². The molecule has 1 nitrogen and oxygen atoms in total. The topological polar surface area (TPSA) is 23.8 Å². The zero-order valence-electron chi connectivity index (χ0n) is 12.9. The smallest absolute Gasteiger partial charge is 0.0658 e. The van der Waals surface area contributed by atoms with Crippen molar-refractivity contribution in [2.24, 2.45) is 11.8 Å². The third-order valence-electron chi connectivity index (χ3n) is 3.94. The van der Waals surface area contributed by atoms with Gasteiger partial charge < -0.3 is 0 Å². The molecule has 0 rings (SSSR count). The van der Waals surface area contributed by atoms with E-state index in [1.807, 2.05) is 0 Å². The van der Waals surface area contributed by atoms with Gasteiger partial charge in [0.05, 0.1) is 6.07 Å². The molecule has 0 spiro atoms. The van der Waals surface area contributed by atoms with E-state index in [0.29, 0.717) is 11.8 Å². The van der Waals surface area contributed by atoms with Gasteiger partial charge in [-0.1, -0.05) is 72.1 Å². The van der Waals surface area contributed by atoms with Crippen molar-refractivity contribution in [3.8, 4) is 6.07 Å². The van der Waals surface area contributed by atoms with Crippen LogP contribution in [0.1, 0.15) is 91.4 Å². The van der Waals surface area contributed by atoms with E-state index in [9.17, 15) is 5.26 Å². The summed E-state index contributed by atoms with van der Waals surface area (Å²) >= 11 is 0. The summed E-state index contributed by atoms with van der Waals surface area (Å²) in [7, 11) is 0. The summed E-state index contributed by atoms with van der Waals surface area (Å²) in [4.78, 5) is 0. The summed E-state index contributed by atoms with van der Waals surface area (Å²) in [6, 6.07) is 2.59. The maximum atomic E-state index is 9.39. The lowest BCUT2D eigenvalue weighted by molar-refractivity contribution is 0.315. The molecule has 0 aliphatic rings. The Morgan fingerprint density at radius 2 is 1.33 bits per heavy atom. The molecule has 0 aliphatic heterocycles. The van der Waals surface area contributed by atoms with Crippen molar-refractivity contribution < 1.29 is 0 Å². The zero-order chi connectivity index (χ0) is 13.6. The van der Waals surface area contributed by atoms with E-state index in [2.05, 4.69) is 26.8 Å². The van der Waals surface area contributed by atoms with Crippen molar-refractivity contribution in [3.05, 3.63) is 0 Å². The van der Waals surface area contributed by atoms with Crippen LogP contribution in [0.4, 0.5) is 0 Å². The average Bonchev–Trinajstić information content (AvgIpc) is 2.38. The first-order valence-electron chi connectivity index (χ1n) is 8.19. The first-order chi connectivity index (χ1) is 8.79. The van der Waals surface area contributed by atoms with Crippen LogP contribution >= 0.6 is 0 Å². The Kier molecular flexibility index (Phi) is 12.6. The number of hydrogen-bond donors (Lipinski definition) is 0. The SMILES string of the molecule is CCCCCCC(C#N)C(CCC)CCCCC. The van der Waals surface area contributed by atoms with Crippen LogP contribution in [0.2, 0.25) is 0 Å². The molecule has 0 N–H and O–H groups in total. The van der Waals surface area contributed by atoms with Crippen LogP contribution in [0, 0.1) is 23.2 Å². The van der Waals surface area contributed by atoms with Crippen molar-refractivity contribution in [1.82, 2.24) is 0 Å². The Bertz CT molecular complexity index is 204. The van der Waals surface area contributed by atoms with Crippen molar-refractivity contribution in [2.75, 3.05) is 0 Å². The molecule has 0 aliphatic carbocycles. The standard InChI is InChI=1S/C17H33N/c1-4-7-9-11-14-17(15-18)16(12-6-3)13-10-8-5-2/h16-17H,4-14H2,1-3H3. The first kappa shape index (κ1) is 17.5. The molecule has 106 valence electrons. The fraction of sp³-hybridized carbons (Fsp3) is 0.941. The molecule has 0 aromatic rings. The minimum atomic E-state index is 0.318. The van der Waals surface area contributed by atoms with Gasteiger partial charge in [0.25, 0.3) is 0 Å². The summed E-state index contributed by atoms with van der Waals surface area (Å²) in [5, 5.41) is 9.39. The van der Waals surface area contributed by atoms with Gasteiger partial charge in [-0.15, -0.1) is 0 Å². The molecular formula is C17H33N. The van der Waals surface area contributed by atoms with E-state index in [1.165, 1.54) is 64.2 Å². The highest BCUT2D eigenvalue weighted by atomic mass is 14.3. The molecule has 0 saturated carbocycles. The van der Waals surface area contributed by atoms with Crippen LogP contribution in [0.5, 0.6) is 0 Å². The minimum absolute atomic E-state index is 0.318. The summed E-state index contributed by atoms with van der Waals surface area (Å²) in [6.45, 7) is 6.74. The number of nitrogens with zero attached hydrogens (tertiary/aromatic N) is 1. The molecule has 0 saturated heterocycles. The fourth-order valence-corrected chi connectivity index (χ4v) is 2.77. The van der Waals surface area contributed by atoms with Crippen LogP contribution in [0.3, 0.4) is 0 Å². The first-order valence-corrected chi connectivity index (χ1v) is 8.19. The number of nitriles is 1. The summed E-state index contributed by atoms with van der Waals surface area (Å²) in [6.07, 6.45) is 14.0. The third kappa shape index (κ3) is 8.56. The highest BCUT2D eigenvalue weighted by Crippen LogP contribution is 2.28. The van der Waals surface area contributed by atoms with Gasteiger partial charge >= 0.3 is 0 Å². The maximum absolute atomic E-state index is 9.39. The van der Waals surface area contributed by atoms with Gasteiger partial charge in [-0.25, -0.2) is 0 Å². The van der Waals surface area contributed by atoms with E-state index >= 15 is 0 Å². The number of rotatable bonds is 12. The quantitative estimate of drug-likeness (QED) is 0.385. The van der Waals surface area contributed by atoms with Crippen molar-refractivity contribution in [1.29, 1.82) is 5.26 Å². The van der Waals surface area contributed by atoms with E-state index in [1.54, 1.807) is 0 Å². The van der Waals surface area contributed by atoms with E-state index in [4.69, 9.17) is 0 Å². The third-order valence-corrected chi connectivity index (χ3v) is 3.94. The second-order valence-corrected chi connectivity index (χ2v) is 5.63. The lowest BCUT2D eigenvalue weighted by atomic mass is 9.82. The molecule has 0 amide bonds. The Balaban J connectivity index is 4.03. The lowest BCUT2D eigenvalue weighted by Gasteiger charge is -2.21. The maximum Gasteiger partial charge on any atom is 0.0658 e. The lowest BCUT2D eigenvalue weighted by Crippen LogP contribution is -2.13. The summed E-state index contributed by atoms with van der Waals surface area (Å²) in [5.74, 6) is 0.979. The highest BCUT2D eigenvalue weighted by molar-refractivity contribution is 4.88. The molecule has 0 heterocycles. The molecule has 0 bridgehead atoms. The predicted octanol–water partition coefficient (Wildman–Crippen LogP) is 6.09. The van der Waals surface area contributed by atoms with Gasteiger partial charge in [0.1, 0.15) is 0 Å². The minimum Gasteiger partial charge on any atom is -0.198 e. The molecule has 1 heteroatoms. The van der Waals surface area contributed by atoms with Gasteiger partial charge in [0.15, 0.2) is 0 Å². The van der Waals surface area contributed by atoms with Crippen LogP contribution in [0.15, 0.2) is 0 Å². The Labute approximate surface area is 115 Å². The van der Waals surface area contributed by atoms with Crippen LogP contribution in [0.25, 0.3) is 0 Å². The van der Waals surface area contributed by atoms with Crippen molar-refractivity contribution in [2.45, 2.75) is 91.4 Å². The van der Waals surface area contributed by atoms with E-state index in [0.717, 1.165) is 6.42 Å². The molecule has 18 heavy (non-hydrogen) atoms. The molecule has 2 atom stereocenters. The van der Waals surface area contributed by atoms with E-state index < -0.39 is 0 Å². The molecule has 0 radical (unpaired) electrons. The normalized spacial score (nSPS) is 14.1. The molecule has 0 aromatic heterocycles. The predicted molar refractivity (Wildman–Crippen MR) is 80.4 cm³/mol. The number of hydrogen-bond acceptors (Lipinski definition) is 1. The molecule has 2 unspecified atom stereocenters. The van der Waals surface area contributed by atoms with Gasteiger partial charge in [-0.2, -0.15) is 5.26 Å². The number of unbranched alkanes of at least 4 members (excludes halogenated alkanes) is 5. The average molecular weight is 251 g/mol. The highest BCUT2D eigenvalue weighted by Gasteiger charge is 2.19. The monoisotopic (exact) mass is 251 g/mol. The van der Waals surface area contributed by atoms with Crippen LogP contribution in [-0.4, -0.2) is 0 Å². The largest absolute Gasteiger partial charge is 0.198 e. The van der Waals surface area contributed by atoms with E-state index in [-0.39, 0.29) is 0 Å². The van der Waals surface area contributed by atoms with Crippen LogP contribution in [-0.2, 0) is 0 Å². The summed E-state index contributed by atoms with van der Waals surface area (Å²) in [5.41, 5.74) is 0. The Morgan fingerprint density at radius 3 is 1.89 bits per heavy atom.